The maximum Gasteiger partial charge on any atom is 0.225 e. The highest BCUT2D eigenvalue weighted by Crippen LogP contribution is 2.23. The van der Waals surface area contributed by atoms with Gasteiger partial charge in [0.05, 0.1) is 6.10 Å². The molecule has 0 aliphatic carbocycles. The van der Waals surface area contributed by atoms with Gasteiger partial charge in [0.15, 0.2) is 0 Å². The van der Waals surface area contributed by atoms with Gasteiger partial charge < -0.3 is 15.1 Å². The monoisotopic (exact) mass is 187 g/mol. The van der Waals surface area contributed by atoms with Crippen LogP contribution in [0.3, 0.4) is 0 Å². The number of amides is 1. The zero-order valence-corrected chi connectivity index (χ0v) is 8.10. The van der Waals surface area contributed by atoms with Gasteiger partial charge in [0, 0.05) is 18.9 Å². The molecule has 1 amide bonds. The molecule has 4 nitrogen and oxygen atoms in total. The highest BCUT2D eigenvalue weighted by molar-refractivity contribution is 5.78. The minimum absolute atomic E-state index is 0.0133. The number of nitrogens with zero attached hydrogens (tertiary/aromatic N) is 1. The van der Waals surface area contributed by atoms with E-state index in [0.717, 1.165) is 0 Å². The molecule has 3 atom stereocenters. The summed E-state index contributed by atoms with van der Waals surface area (Å²) in [4.78, 5) is 12.7. The summed E-state index contributed by atoms with van der Waals surface area (Å²) in [5.41, 5.74) is 0. The number of hydrogen-bond acceptors (Lipinski definition) is 3. The lowest BCUT2D eigenvalue weighted by atomic mass is 10.1. The van der Waals surface area contributed by atoms with Crippen molar-refractivity contribution < 1.29 is 15.0 Å². The van der Waals surface area contributed by atoms with E-state index in [0.29, 0.717) is 19.4 Å². The summed E-state index contributed by atoms with van der Waals surface area (Å²) in [7, 11) is 0. The zero-order valence-electron chi connectivity index (χ0n) is 8.10. The highest BCUT2D eigenvalue weighted by atomic mass is 16.3. The van der Waals surface area contributed by atoms with E-state index in [1.54, 1.807) is 6.92 Å². The van der Waals surface area contributed by atoms with Gasteiger partial charge in [-0.25, -0.2) is 0 Å². The summed E-state index contributed by atoms with van der Waals surface area (Å²) in [6.07, 6.45) is -0.140. The van der Waals surface area contributed by atoms with Crippen LogP contribution in [0.5, 0.6) is 0 Å². The molecule has 1 heterocycles. The third-order valence-corrected chi connectivity index (χ3v) is 2.43. The second-order valence-corrected chi connectivity index (χ2v) is 3.82. The van der Waals surface area contributed by atoms with Gasteiger partial charge in [-0.2, -0.15) is 0 Å². The quantitative estimate of drug-likeness (QED) is 0.651. The van der Waals surface area contributed by atoms with Crippen LogP contribution in [0.4, 0.5) is 0 Å². The third kappa shape index (κ3) is 2.42. The Hall–Kier alpha value is -0.610. The van der Waals surface area contributed by atoms with E-state index in [4.69, 9.17) is 5.11 Å². The Morgan fingerprint density at radius 3 is 2.69 bits per heavy atom. The third-order valence-electron chi connectivity index (χ3n) is 2.43. The summed E-state index contributed by atoms with van der Waals surface area (Å²) in [5, 5.41) is 18.6. The van der Waals surface area contributed by atoms with Crippen LogP contribution in [-0.4, -0.2) is 39.9 Å². The topological polar surface area (TPSA) is 60.8 Å². The molecule has 1 aliphatic heterocycles. The summed E-state index contributed by atoms with van der Waals surface area (Å²) in [6.45, 7) is 3.98. The zero-order chi connectivity index (χ0) is 10.0. The van der Waals surface area contributed by atoms with Crippen LogP contribution in [0.1, 0.15) is 26.7 Å². The molecule has 13 heavy (non-hydrogen) atoms. The van der Waals surface area contributed by atoms with Crippen LogP contribution in [0.2, 0.25) is 0 Å². The molecule has 3 unspecified atom stereocenters. The number of likely N-dealkylation sites (tertiary alicyclic amines) is 1. The van der Waals surface area contributed by atoms with Crippen molar-refractivity contribution in [3.8, 4) is 0 Å². The van der Waals surface area contributed by atoms with Crippen molar-refractivity contribution in [1.29, 1.82) is 0 Å². The molecular formula is C9H17NO3. The normalized spacial score (nSPS) is 31.1. The van der Waals surface area contributed by atoms with Crippen LogP contribution < -0.4 is 0 Å². The maximum absolute atomic E-state index is 11.3. The van der Waals surface area contributed by atoms with E-state index < -0.39 is 12.3 Å². The van der Waals surface area contributed by atoms with Gasteiger partial charge >= 0.3 is 0 Å². The Bertz CT molecular complexity index is 193. The van der Waals surface area contributed by atoms with E-state index in [9.17, 15) is 9.90 Å². The lowest BCUT2D eigenvalue weighted by Gasteiger charge is -2.22. The molecular weight excluding hydrogens is 170 g/mol. The number of carbonyl (C=O) groups excluding carboxylic acids is 1. The Kier molecular flexibility index (Phi) is 3.27. The first-order valence-corrected chi connectivity index (χ1v) is 4.68. The minimum Gasteiger partial charge on any atom is -0.393 e. The number of aliphatic hydroxyl groups is 2. The highest BCUT2D eigenvalue weighted by Gasteiger charge is 2.35. The van der Waals surface area contributed by atoms with Crippen LogP contribution >= 0.6 is 0 Å². The Morgan fingerprint density at radius 1 is 1.69 bits per heavy atom. The predicted octanol–water partition coefficient (Wildman–Crippen LogP) is -0.0559. The second-order valence-electron chi connectivity index (χ2n) is 3.82. The van der Waals surface area contributed by atoms with Crippen molar-refractivity contribution in [2.75, 3.05) is 6.54 Å². The molecule has 2 N–H and O–H groups in total. The van der Waals surface area contributed by atoms with Crippen molar-refractivity contribution in [3.05, 3.63) is 0 Å². The van der Waals surface area contributed by atoms with Gasteiger partial charge in [0.1, 0.15) is 6.23 Å². The van der Waals surface area contributed by atoms with Crippen molar-refractivity contribution >= 4 is 5.91 Å². The first-order valence-electron chi connectivity index (χ1n) is 4.68. The Morgan fingerprint density at radius 2 is 2.31 bits per heavy atom. The molecule has 0 aromatic rings. The Balaban J connectivity index is 2.44. The van der Waals surface area contributed by atoms with E-state index in [1.807, 2.05) is 6.92 Å². The number of aliphatic hydroxyl groups excluding tert-OH is 2. The number of rotatable bonds is 3. The van der Waals surface area contributed by atoms with E-state index in [2.05, 4.69) is 0 Å². The molecule has 0 radical (unpaired) electrons. The maximum atomic E-state index is 11.3. The van der Waals surface area contributed by atoms with Gasteiger partial charge in [-0.05, 0) is 13.3 Å². The lowest BCUT2D eigenvalue weighted by Crippen LogP contribution is -2.36. The van der Waals surface area contributed by atoms with Crippen molar-refractivity contribution in [3.63, 3.8) is 0 Å². The predicted molar refractivity (Wildman–Crippen MR) is 47.8 cm³/mol. The molecule has 1 fully saturated rings. The minimum atomic E-state index is -0.661. The molecule has 1 rings (SSSR count). The van der Waals surface area contributed by atoms with Crippen molar-refractivity contribution in [1.82, 2.24) is 4.90 Å². The summed E-state index contributed by atoms with van der Waals surface area (Å²) < 4.78 is 0. The average molecular weight is 187 g/mol. The number of carbonyl (C=O) groups is 1. The molecule has 0 spiro atoms. The first kappa shape index (κ1) is 10.5. The standard InChI is InChI=1S/C9H17NO3/c1-6-5-8(12)10(9(6)13)4-3-7(2)11/h6-7,9,11,13H,3-5H2,1-2H3. The van der Waals surface area contributed by atoms with Gasteiger partial charge in [0.2, 0.25) is 5.91 Å². The fourth-order valence-corrected chi connectivity index (χ4v) is 1.54. The van der Waals surface area contributed by atoms with Gasteiger partial charge in [-0.15, -0.1) is 0 Å². The van der Waals surface area contributed by atoms with E-state index >= 15 is 0 Å². The molecule has 1 saturated heterocycles. The molecule has 0 bridgehead atoms. The number of hydrogen-bond donors (Lipinski definition) is 2. The molecule has 1 aliphatic rings. The first-order chi connectivity index (χ1) is 6.02. The van der Waals surface area contributed by atoms with Crippen molar-refractivity contribution in [2.45, 2.75) is 39.0 Å². The largest absolute Gasteiger partial charge is 0.393 e. The molecule has 0 saturated carbocycles. The van der Waals surface area contributed by atoms with Crippen molar-refractivity contribution in [2.24, 2.45) is 5.92 Å². The average Bonchev–Trinajstić information content (AvgIpc) is 2.24. The molecule has 0 aromatic carbocycles. The fraction of sp³-hybridized carbons (Fsp3) is 0.889. The summed E-state index contributed by atoms with van der Waals surface area (Å²) >= 11 is 0. The van der Waals surface area contributed by atoms with Gasteiger partial charge in [0.25, 0.3) is 0 Å². The molecule has 4 heteroatoms. The second kappa shape index (κ2) is 4.07. The van der Waals surface area contributed by atoms with Crippen LogP contribution in [0.25, 0.3) is 0 Å². The van der Waals surface area contributed by atoms with E-state index in [-0.39, 0.29) is 11.8 Å². The fourth-order valence-electron chi connectivity index (χ4n) is 1.54. The summed E-state index contributed by atoms with van der Waals surface area (Å²) in [5.74, 6) is 0.00199. The van der Waals surface area contributed by atoms with Crippen LogP contribution in [0, 0.1) is 5.92 Å². The molecule has 0 aromatic heterocycles. The molecule has 76 valence electrons. The SMILES string of the molecule is CC(O)CCN1C(=O)CC(C)C1O. The van der Waals surface area contributed by atoms with Crippen LogP contribution in [0.15, 0.2) is 0 Å². The van der Waals surface area contributed by atoms with Gasteiger partial charge in [-0.3, -0.25) is 4.79 Å². The smallest absolute Gasteiger partial charge is 0.225 e. The van der Waals surface area contributed by atoms with Crippen LogP contribution in [-0.2, 0) is 4.79 Å². The van der Waals surface area contributed by atoms with E-state index in [1.165, 1.54) is 4.90 Å². The summed E-state index contributed by atoms with van der Waals surface area (Å²) in [6, 6.07) is 0. The Labute approximate surface area is 78.2 Å². The lowest BCUT2D eigenvalue weighted by molar-refractivity contribution is -0.133. The van der Waals surface area contributed by atoms with Gasteiger partial charge in [-0.1, -0.05) is 6.92 Å².